The Balaban J connectivity index is 3.55. The molecule has 0 aromatic heterocycles. The second kappa shape index (κ2) is 35.6. The van der Waals surface area contributed by atoms with Crippen molar-refractivity contribution in [1.82, 2.24) is 5.32 Å². The van der Waals surface area contributed by atoms with Gasteiger partial charge in [0.05, 0.1) is 18.8 Å². The van der Waals surface area contributed by atoms with Gasteiger partial charge >= 0.3 is 0 Å². The fourth-order valence-corrected chi connectivity index (χ4v) is 6.00. The number of amides is 1. The zero-order chi connectivity index (χ0) is 31.5. The van der Waals surface area contributed by atoms with Gasteiger partial charge in [0.1, 0.15) is 0 Å². The van der Waals surface area contributed by atoms with Crippen LogP contribution in [0.25, 0.3) is 0 Å². The van der Waals surface area contributed by atoms with Crippen molar-refractivity contribution in [3.63, 3.8) is 0 Å². The number of carbonyl (C=O) groups is 1. The lowest BCUT2D eigenvalue weighted by atomic mass is 10.0. The Morgan fingerprint density at radius 1 is 0.535 bits per heavy atom. The van der Waals surface area contributed by atoms with E-state index in [9.17, 15) is 15.0 Å². The first kappa shape index (κ1) is 42.1. The van der Waals surface area contributed by atoms with Crippen molar-refractivity contribution in [3.05, 3.63) is 12.2 Å². The van der Waals surface area contributed by atoms with Crippen LogP contribution >= 0.6 is 0 Å². The Kier molecular flexibility index (Phi) is 34.9. The van der Waals surface area contributed by atoms with Crippen LogP contribution in [0.1, 0.15) is 213 Å². The molecule has 0 aliphatic carbocycles. The molecule has 256 valence electrons. The monoisotopic (exact) mass is 608 g/mol. The van der Waals surface area contributed by atoms with Gasteiger partial charge in [0, 0.05) is 6.42 Å². The smallest absolute Gasteiger partial charge is 0.220 e. The molecule has 0 heterocycles. The largest absolute Gasteiger partial charge is 0.394 e. The molecule has 0 saturated heterocycles. The van der Waals surface area contributed by atoms with Crippen LogP contribution in [0.15, 0.2) is 12.2 Å². The van der Waals surface area contributed by atoms with Gasteiger partial charge < -0.3 is 15.5 Å². The number of hydrogen-bond acceptors (Lipinski definition) is 3. The average Bonchev–Trinajstić information content (AvgIpc) is 3.01. The molecule has 0 radical (unpaired) electrons. The summed E-state index contributed by atoms with van der Waals surface area (Å²) in [5, 5.41) is 23.1. The van der Waals surface area contributed by atoms with Gasteiger partial charge in [-0.2, -0.15) is 0 Å². The number of aliphatic hydroxyl groups is 2. The van der Waals surface area contributed by atoms with Gasteiger partial charge in [0.2, 0.25) is 5.91 Å². The highest BCUT2D eigenvalue weighted by atomic mass is 16.3. The second-order valence-electron chi connectivity index (χ2n) is 13.4. The maximum Gasteiger partial charge on any atom is 0.220 e. The van der Waals surface area contributed by atoms with E-state index in [-0.39, 0.29) is 12.5 Å². The number of carbonyl (C=O) groups excluding carboxylic acids is 1. The van der Waals surface area contributed by atoms with E-state index in [0.29, 0.717) is 12.8 Å². The van der Waals surface area contributed by atoms with Gasteiger partial charge in [-0.1, -0.05) is 180 Å². The summed E-state index contributed by atoms with van der Waals surface area (Å²) in [6, 6.07) is -0.535. The van der Waals surface area contributed by atoms with Crippen LogP contribution in [0.3, 0.4) is 0 Å². The minimum Gasteiger partial charge on any atom is -0.394 e. The molecule has 0 aliphatic rings. The number of aliphatic hydroxyl groups excluding tert-OH is 2. The predicted octanol–water partition coefficient (Wildman–Crippen LogP) is 11.5. The fraction of sp³-hybridized carbons (Fsp3) is 0.923. The third-order valence-corrected chi connectivity index (χ3v) is 9.03. The molecular formula is C39H77NO3. The van der Waals surface area contributed by atoms with Crippen molar-refractivity contribution in [3.8, 4) is 0 Å². The van der Waals surface area contributed by atoms with Gasteiger partial charge in [-0.25, -0.2) is 0 Å². The third-order valence-electron chi connectivity index (χ3n) is 9.03. The van der Waals surface area contributed by atoms with Crippen LogP contribution in [-0.2, 0) is 4.79 Å². The van der Waals surface area contributed by atoms with E-state index >= 15 is 0 Å². The zero-order valence-electron chi connectivity index (χ0n) is 29.2. The SMILES string of the molecule is CCCCCCCC/C=C/CCCCCCCC(=O)N[C@@H](CO)[C@H](O)CCCCCCCCCCCCCCCCCC. The van der Waals surface area contributed by atoms with Crippen molar-refractivity contribution in [1.29, 1.82) is 0 Å². The topological polar surface area (TPSA) is 69.6 Å². The summed E-state index contributed by atoms with van der Waals surface area (Å²) in [5.74, 6) is -0.0392. The molecule has 43 heavy (non-hydrogen) atoms. The maximum atomic E-state index is 12.3. The number of rotatable bonds is 35. The molecule has 0 bridgehead atoms. The molecule has 1 amide bonds. The zero-order valence-corrected chi connectivity index (χ0v) is 29.2. The van der Waals surface area contributed by atoms with Crippen molar-refractivity contribution in [2.24, 2.45) is 0 Å². The van der Waals surface area contributed by atoms with Crippen molar-refractivity contribution < 1.29 is 15.0 Å². The van der Waals surface area contributed by atoms with Gasteiger partial charge in [0.15, 0.2) is 0 Å². The number of nitrogens with one attached hydrogen (secondary N) is 1. The highest BCUT2D eigenvalue weighted by molar-refractivity contribution is 5.76. The first-order chi connectivity index (χ1) is 21.2. The normalized spacial score (nSPS) is 13.1. The van der Waals surface area contributed by atoms with Crippen LogP contribution in [0.2, 0.25) is 0 Å². The molecule has 0 saturated carbocycles. The summed E-state index contributed by atoms with van der Waals surface area (Å²) in [6.07, 6.45) is 42.7. The Morgan fingerprint density at radius 2 is 0.884 bits per heavy atom. The second-order valence-corrected chi connectivity index (χ2v) is 13.4. The standard InChI is InChI=1S/C39H77NO3/c1-3-5-7-9-11-13-15-17-19-21-22-24-26-28-30-32-34-38(42)37(36-41)40-39(43)35-33-31-29-27-25-23-20-18-16-14-12-10-8-6-4-2/h18,20,37-38,41-42H,3-17,19,21-36H2,1-2H3,(H,40,43)/b20-18+/t37-,38+/m0/s1. The minimum atomic E-state index is -0.658. The molecule has 0 rings (SSSR count). The first-order valence-electron chi connectivity index (χ1n) is 19.4. The van der Waals surface area contributed by atoms with Gasteiger partial charge in [-0.05, 0) is 38.5 Å². The van der Waals surface area contributed by atoms with E-state index in [4.69, 9.17) is 0 Å². The maximum absolute atomic E-state index is 12.3. The Hall–Kier alpha value is -0.870. The van der Waals surface area contributed by atoms with Gasteiger partial charge in [-0.15, -0.1) is 0 Å². The van der Waals surface area contributed by atoms with Crippen LogP contribution in [-0.4, -0.2) is 34.9 Å². The van der Waals surface area contributed by atoms with Crippen LogP contribution in [0.5, 0.6) is 0 Å². The van der Waals surface area contributed by atoms with E-state index in [0.717, 1.165) is 25.7 Å². The summed E-state index contributed by atoms with van der Waals surface area (Å²) >= 11 is 0. The van der Waals surface area contributed by atoms with Crippen LogP contribution in [0, 0.1) is 0 Å². The quantitative estimate of drug-likeness (QED) is 0.0496. The summed E-state index contributed by atoms with van der Waals surface area (Å²) in [4.78, 5) is 12.3. The number of unbranched alkanes of at least 4 members (excludes halogenated alkanes) is 26. The molecule has 4 heteroatoms. The summed E-state index contributed by atoms with van der Waals surface area (Å²) in [5.41, 5.74) is 0. The molecule has 3 N–H and O–H groups in total. The first-order valence-corrected chi connectivity index (χ1v) is 19.4. The predicted molar refractivity (Wildman–Crippen MR) is 189 cm³/mol. The average molecular weight is 608 g/mol. The van der Waals surface area contributed by atoms with E-state index in [2.05, 4.69) is 31.3 Å². The van der Waals surface area contributed by atoms with Crippen molar-refractivity contribution in [2.75, 3.05) is 6.61 Å². The lowest BCUT2D eigenvalue weighted by molar-refractivity contribution is -0.123. The molecular weight excluding hydrogens is 530 g/mol. The van der Waals surface area contributed by atoms with Crippen molar-refractivity contribution in [2.45, 2.75) is 225 Å². The number of allylic oxidation sites excluding steroid dienone is 2. The van der Waals surface area contributed by atoms with Crippen molar-refractivity contribution >= 4 is 5.91 Å². The van der Waals surface area contributed by atoms with Gasteiger partial charge in [-0.3, -0.25) is 4.79 Å². The van der Waals surface area contributed by atoms with E-state index in [1.54, 1.807) is 0 Å². The Morgan fingerprint density at radius 3 is 1.28 bits per heavy atom. The molecule has 0 fully saturated rings. The molecule has 0 aromatic carbocycles. The molecule has 2 atom stereocenters. The minimum absolute atomic E-state index is 0.0392. The van der Waals surface area contributed by atoms with Gasteiger partial charge in [0.25, 0.3) is 0 Å². The lowest BCUT2D eigenvalue weighted by Gasteiger charge is -2.22. The molecule has 4 nitrogen and oxygen atoms in total. The van der Waals surface area contributed by atoms with E-state index in [1.165, 1.54) is 161 Å². The molecule has 0 aliphatic heterocycles. The highest BCUT2D eigenvalue weighted by Gasteiger charge is 2.19. The third kappa shape index (κ3) is 32.3. The highest BCUT2D eigenvalue weighted by Crippen LogP contribution is 2.15. The Labute approximate surface area is 269 Å². The van der Waals surface area contributed by atoms with E-state index < -0.39 is 12.1 Å². The molecule has 0 aromatic rings. The fourth-order valence-electron chi connectivity index (χ4n) is 6.00. The molecule has 0 unspecified atom stereocenters. The van der Waals surface area contributed by atoms with Crippen LogP contribution < -0.4 is 5.32 Å². The Bertz CT molecular complexity index is 579. The van der Waals surface area contributed by atoms with E-state index in [1.807, 2.05) is 0 Å². The summed E-state index contributed by atoms with van der Waals surface area (Å²) in [6.45, 7) is 4.35. The lowest BCUT2D eigenvalue weighted by Crippen LogP contribution is -2.45. The van der Waals surface area contributed by atoms with Crippen LogP contribution in [0.4, 0.5) is 0 Å². The number of hydrogen-bond donors (Lipinski definition) is 3. The summed E-state index contributed by atoms with van der Waals surface area (Å²) < 4.78 is 0. The molecule has 0 spiro atoms. The summed E-state index contributed by atoms with van der Waals surface area (Å²) in [7, 11) is 0.